The van der Waals surface area contributed by atoms with Crippen LogP contribution in [0.15, 0.2) is 42.5 Å². The summed E-state index contributed by atoms with van der Waals surface area (Å²) in [6.45, 7) is 4.09. The number of nitrogens with one attached hydrogen (secondary N) is 1. The van der Waals surface area contributed by atoms with Crippen molar-refractivity contribution < 1.29 is 19.1 Å². The van der Waals surface area contributed by atoms with Crippen molar-refractivity contribution in [2.24, 2.45) is 5.92 Å². The van der Waals surface area contributed by atoms with Crippen molar-refractivity contribution in [3.8, 4) is 11.5 Å². The molecule has 170 valence electrons. The Kier molecular flexibility index (Phi) is 6.50. The lowest BCUT2D eigenvalue weighted by molar-refractivity contribution is -0.122. The molecule has 0 aromatic heterocycles. The lowest BCUT2D eigenvalue weighted by Gasteiger charge is -2.35. The molecule has 1 unspecified atom stereocenters. The number of nitrogens with zero attached hydrogens (tertiary/aromatic N) is 3. The molecular formula is C24H30N4O4. The molecular weight excluding hydrogens is 408 g/mol. The van der Waals surface area contributed by atoms with Crippen molar-refractivity contribution in [3.63, 3.8) is 0 Å². The Morgan fingerprint density at radius 1 is 1.00 bits per heavy atom. The molecule has 32 heavy (non-hydrogen) atoms. The summed E-state index contributed by atoms with van der Waals surface area (Å²) in [6.07, 6.45) is 0.156. The number of likely N-dealkylation sites (N-methyl/N-ethyl adjacent to an activating group) is 1. The zero-order chi connectivity index (χ0) is 22.7. The fourth-order valence-corrected chi connectivity index (χ4v) is 4.26. The first-order chi connectivity index (χ1) is 15.5. The Balaban J connectivity index is 1.49. The van der Waals surface area contributed by atoms with Gasteiger partial charge in [-0.05, 0) is 31.3 Å². The maximum absolute atomic E-state index is 13.1. The molecule has 2 aliphatic rings. The third-order valence-corrected chi connectivity index (χ3v) is 6.18. The molecule has 4 rings (SSSR count). The number of hydrogen-bond donors (Lipinski definition) is 1. The van der Waals surface area contributed by atoms with Gasteiger partial charge in [-0.1, -0.05) is 12.1 Å². The Hall–Kier alpha value is -3.26. The van der Waals surface area contributed by atoms with Crippen molar-refractivity contribution in [3.05, 3.63) is 42.5 Å². The van der Waals surface area contributed by atoms with Crippen molar-refractivity contribution in [1.29, 1.82) is 0 Å². The largest absolute Gasteiger partial charge is 0.497 e. The second-order valence-electron chi connectivity index (χ2n) is 8.24. The Morgan fingerprint density at radius 3 is 2.47 bits per heavy atom. The Morgan fingerprint density at radius 2 is 1.75 bits per heavy atom. The first-order valence-electron chi connectivity index (χ1n) is 10.9. The number of ether oxygens (including phenoxy) is 2. The quantitative estimate of drug-likeness (QED) is 0.747. The molecule has 2 heterocycles. The molecule has 2 amide bonds. The van der Waals surface area contributed by atoms with Crippen LogP contribution >= 0.6 is 0 Å². The molecule has 8 nitrogen and oxygen atoms in total. The molecule has 1 atom stereocenters. The highest BCUT2D eigenvalue weighted by atomic mass is 16.5. The number of carbonyl (C=O) groups is 2. The fourth-order valence-electron chi connectivity index (χ4n) is 4.26. The monoisotopic (exact) mass is 438 g/mol. The first kappa shape index (κ1) is 22.0. The number of para-hydroxylation sites is 2. The Labute approximate surface area is 188 Å². The van der Waals surface area contributed by atoms with Crippen LogP contribution in [0.4, 0.5) is 17.1 Å². The standard InChI is InChI=1S/C24H30N4O4/c1-26-10-12-27(13-11-26)20-7-5-4-6-19(20)25-24(30)17-14-23(29)28(16-17)21-15-18(31-2)8-9-22(21)32-3/h4-9,15,17H,10-14,16H2,1-3H3,(H,25,30). The summed E-state index contributed by atoms with van der Waals surface area (Å²) >= 11 is 0. The van der Waals surface area contributed by atoms with E-state index in [-0.39, 0.29) is 18.2 Å². The van der Waals surface area contributed by atoms with Crippen molar-refractivity contribution >= 4 is 28.9 Å². The summed E-state index contributed by atoms with van der Waals surface area (Å²) in [6, 6.07) is 13.2. The second kappa shape index (κ2) is 9.48. The van der Waals surface area contributed by atoms with Gasteiger partial charge in [0.15, 0.2) is 0 Å². The van der Waals surface area contributed by atoms with Crippen LogP contribution < -0.4 is 24.6 Å². The summed E-state index contributed by atoms with van der Waals surface area (Å²) in [5.41, 5.74) is 2.42. The predicted octanol–water partition coefficient (Wildman–Crippen LogP) is 2.45. The first-order valence-corrected chi connectivity index (χ1v) is 10.9. The number of carbonyl (C=O) groups excluding carboxylic acids is 2. The van der Waals surface area contributed by atoms with E-state index in [1.54, 1.807) is 37.3 Å². The normalized spacial score (nSPS) is 19.2. The highest BCUT2D eigenvalue weighted by Crippen LogP contribution is 2.36. The average molecular weight is 439 g/mol. The molecule has 1 N–H and O–H groups in total. The van der Waals surface area contributed by atoms with Crippen LogP contribution in [-0.2, 0) is 9.59 Å². The van der Waals surface area contributed by atoms with E-state index < -0.39 is 5.92 Å². The summed E-state index contributed by atoms with van der Waals surface area (Å²) in [4.78, 5) is 32.1. The number of piperazine rings is 1. The zero-order valence-corrected chi connectivity index (χ0v) is 18.8. The zero-order valence-electron chi connectivity index (χ0n) is 18.8. The predicted molar refractivity (Wildman–Crippen MR) is 125 cm³/mol. The number of hydrogen-bond acceptors (Lipinski definition) is 6. The highest BCUT2D eigenvalue weighted by Gasteiger charge is 2.37. The van der Waals surface area contributed by atoms with Gasteiger partial charge in [0.1, 0.15) is 11.5 Å². The van der Waals surface area contributed by atoms with Crippen molar-refractivity contribution in [2.75, 3.05) is 69.1 Å². The van der Waals surface area contributed by atoms with Gasteiger partial charge in [-0.3, -0.25) is 9.59 Å². The second-order valence-corrected chi connectivity index (χ2v) is 8.24. The third-order valence-electron chi connectivity index (χ3n) is 6.18. The number of rotatable bonds is 6. The van der Waals surface area contributed by atoms with E-state index in [0.29, 0.717) is 23.7 Å². The minimum atomic E-state index is -0.445. The summed E-state index contributed by atoms with van der Waals surface area (Å²) < 4.78 is 10.7. The minimum Gasteiger partial charge on any atom is -0.497 e. The van der Waals surface area contributed by atoms with E-state index in [1.165, 1.54) is 0 Å². The van der Waals surface area contributed by atoms with Crippen LogP contribution in [0, 0.1) is 5.92 Å². The van der Waals surface area contributed by atoms with Crippen LogP contribution in [0.25, 0.3) is 0 Å². The summed E-state index contributed by atoms with van der Waals surface area (Å²) in [7, 11) is 5.25. The minimum absolute atomic E-state index is 0.107. The molecule has 0 aliphatic carbocycles. The van der Waals surface area contributed by atoms with Gasteiger partial charge in [-0.15, -0.1) is 0 Å². The number of anilines is 3. The molecule has 8 heteroatoms. The van der Waals surface area contributed by atoms with Crippen LogP contribution in [0.3, 0.4) is 0 Å². The fraction of sp³-hybridized carbons (Fsp3) is 0.417. The average Bonchev–Trinajstić information content (AvgIpc) is 3.21. The van der Waals surface area contributed by atoms with Gasteiger partial charge in [0.05, 0.1) is 37.2 Å². The van der Waals surface area contributed by atoms with Crippen LogP contribution in [0.2, 0.25) is 0 Å². The van der Waals surface area contributed by atoms with Gasteiger partial charge in [-0.2, -0.15) is 0 Å². The van der Waals surface area contributed by atoms with Crippen LogP contribution in [0.1, 0.15) is 6.42 Å². The number of amides is 2. The summed E-state index contributed by atoms with van der Waals surface area (Å²) in [5, 5.41) is 3.08. The topological polar surface area (TPSA) is 74.4 Å². The third kappa shape index (κ3) is 4.50. The SMILES string of the molecule is COc1ccc(OC)c(N2CC(C(=O)Nc3ccccc3N3CCN(C)CC3)CC2=O)c1. The molecule has 0 bridgehead atoms. The molecule has 2 fully saturated rings. The summed E-state index contributed by atoms with van der Waals surface area (Å²) in [5.74, 6) is 0.496. The van der Waals surface area contributed by atoms with Gasteiger partial charge >= 0.3 is 0 Å². The molecule has 2 saturated heterocycles. The smallest absolute Gasteiger partial charge is 0.229 e. The lowest BCUT2D eigenvalue weighted by Crippen LogP contribution is -2.44. The van der Waals surface area contributed by atoms with E-state index >= 15 is 0 Å². The molecule has 0 saturated carbocycles. The van der Waals surface area contributed by atoms with Crippen molar-refractivity contribution in [1.82, 2.24) is 4.90 Å². The van der Waals surface area contributed by atoms with E-state index in [4.69, 9.17) is 9.47 Å². The van der Waals surface area contributed by atoms with Crippen molar-refractivity contribution in [2.45, 2.75) is 6.42 Å². The Bertz CT molecular complexity index is 988. The van der Waals surface area contributed by atoms with Gasteiger partial charge in [0, 0.05) is 45.2 Å². The van der Waals surface area contributed by atoms with E-state index in [0.717, 1.165) is 37.6 Å². The highest BCUT2D eigenvalue weighted by molar-refractivity contribution is 6.05. The number of benzene rings is 2. The van der Waals surface area contributed by atoms with E-state index in [1.807, 2.05) is 24.3 Å². The van der Waals surface area contributed by atoms with E-state index in [2.05, 4.69) is 22.2 Å². The number of methoxy groups -OCH3 is 2. The van der Waals surface area contributed by atoms with Gasteiger partial charge in [-0.25, -0.2) is 0 Å². The molecule has 2 aromatic rings. The van der Waals surface area contributed by atoms with Gasteiger partial charge in [0.25, 0.3) is 0 Å². The molecule has 0 radical (unpaired) electrons. The molecule has 2 aliphatic heterocycles. The van der Waals surface area contributed by atoms with Gasteiger partial charge in [0.2, 0.25) is 11.8 Å². The lowest BCUT2D eigenvalue weighted by atomic mass is 10.1. The maximum Gasteiger partial charge on any atom is 0.229 e. The van der Waals surface area contributed by atoms with Crippen LogP contribution in [-0.4, -0.2) is 70.7 Å². The van der Waals surface area contributed by atoms with Crippen LogP contribution in [0.5, 0.6) is 11.5 Å². The van der Waals surface area contributed by atoms with Gasteiger partial charge < -0.3 is 29.5 Å². The molecule has 2 aromatic carbocycles. The van der Waals surface area contributed by atoms with E-state index in [9.17, 15) is 9.59 Å². The maximum atomic E-state index is 13.1. The molecule has 0 spiro atoms.